The summed E-state index contributed by atoms with van der Waals surface area (Å²) in [6.45, 7) is 4.05. The van der Waals surface area contributed by atoms with Crippen LogP contribution in [0.3, 0.4) is 0 Å². The van der Waals surface area contributed by atoms with Gasteiger partial charge in [-0.25, -0.2) is 4.79 Å². The van der Waals surface area contributed by atoms with Gasteiger partial charge < -0.3 is 9.84 Å². The number of carbonyl (C=O) groups is 3. The van der Waals surface area contributed by atoms with Crippen molar-refractivity contribution in [3.05, 3.63) is 82.8 Å². The summed E-state index contributed by atoms with van der Waals surface area (Å²) in [5.74, 6) is -0.648. The van der Waals surface area contributed by atoms with E-state index < -0.39 is 5.97 Å². The molecule has 0 aromatic heterocycles. The van der Waals surface area contributed by atoms with Crippen LogP contribution in [0.2, 0.25) is 0 Å². The molecule has 0 unspecified atom stereocenters. The van der Waals surface area contributed by atoms with Crippen LogP contribution in [0, 0.1) is 0 Å². The van der Waals surface area contributed by atoms with Gasteiger partial charge in [0.25, 0.3) is 11.1 Å². The van der Waals surface area contributed by atoms with Crippen molar-refractivity contribution in [1.82, 2.24) is 4.90 Å². The molecule has 1 aliphatic rings. The molecule has 0 saturated carbocycles. The lowest BCUT2D eigenvalue weighted by molar-refractivity contribution is -0.122. The largest absolute Gasteiger partial charge is 0.489 e. The molecule has 3 rings (SSSR count). The van der Waals surface area contributed by atoms with Crippen LogP contribution < -0.4 is 4.74 Å². The predicted octanol–water partition coefficient (Wildman–Crippen LogP) is 4.19. The van der Waals surface area contributed by atoms with Crippen molar-refractivity contribution in [2.24, 2.45) is 0 Å². The molecule has 6 nitrogen and oxygen atoms in total. The first-order valence-electron chi connectivity index (χ1n) is 8.39. The second-order valence-corrected chi connectivity index (χ2v) is 6.93. The second kappa shape index (κ2) is 8.58. The van der Waals surface area contributed by atoms with Gasteiger partial charge in [-0.15, -0.1) is 6.58 Å². The maximum absolute atomic E-state index is 12.2. The summed E-state index contributed by atoms with van der Waals surface area (Å²) < 4.78 is 5.69. The maximum Gasteiger partial charge on any atom is 0.335 e. The van der Waals surface area contributed by atoms with Gasteiger partial charge >= 0.3 is 5.97 Å². The van der Waals surface area contributed by atoms with Crippen LogP contribution in [0.15, 0.2) is 66.1 Å². The minimum Gasteiger partial charge on any atom is -0.489 e. The minimum atomic E-state index is -0.967. The van der Waals surface area contributed by atoms with E-state index in [-0.39, 0.29) is 23.3 Å². The van der Waals surface area contributed by atoms with Crippen molar-refractivity contribution in [2.45, 2.75) is 6.61 Å². The maximum atomic E-state index is 12.2. The van der Waals surface area contributed by atoms with E-state index in [9.17, 15) is 14.4 Å². The third kappa shape index (κ3) is 4.50. The Morgan fingerprint density at radius 2 is 1.79 bits per heavy atom. The summed E-state index contributed by atoms with van der Waals surface area (Å²) in [6, 6.07) is 13.6. The van der Waals surface area contributed by atoms with E-state index in [1.165, 1.54) is 18.2 Å². The molecule has 0 atom stereocenters. The number of aromatic carboxylic acids is 1. The number of imide groups is 1. The SMILES string of the molecule is C=CCN1C(=O)S/C(=C/c2ccc(OCc3ccc(C(=O)O)cc3)cc2)C1=O. The van der Waals surface area contributed by atoms with Gasteiger partial charge in [0.05, 0.1) is 10.5 Å². The van der Waals surface area contributed by atoms with Crippen molar-refractivity contribution >= 4 is 35.0 Å². The molecular weight excluding hydrogens is 378 g/mol. The Labute approximate surface area is 166 Å². The number of hydrogen-bond acceptors (Lipinski definition) is 5. The van der Waals surface area contributed by atoms with Crippen molar-refractivity contribution in [3.8, 4) is 5.75 Å². The molecule has 2 aromatic rings. The average molecular weight is 395 g/mol. The molecule has 1 saturated heterocycles. The van der Waals surface area contributed by atoms with E-state index in [0.717, 1.165) is 27.8 Å². The fourth-order valence-corrected chi connectivity index (χ4v) is 3.36. The zero-order valence-electron chi connectivity index (χ0n) is 14.8. The highest BCUT2D eigenvalue weighted by Gasteiger charge is 2.33. The van der Waals surface area contributed by atoms with Crippen LogP contribution in [0.4, 0.5) is 4.79 Å². The van der Waals surface area contributed by atoms with Gasteiger partial charge in [-0.1, -0.05) is 30.3 Å². The van der Waals surface area contributed by atoms with E-state index in [4.69, 9.17) is 9.84 Å². The fraction of sp³-hybridized carbons (Fsp3) is 0.0952. The first kappa shape index (κ1) is 19.4. The van der Waals surface area contributed by atoms with Crippen LogP contribution in [0.5, 0.6) is 5.75 Å². The molecule has 1 N–H and O–H groups in total. The Bertz CT molecular complexity index is 948. The number of nitrogens with zero attached hydrogens (tertiary/aromatic N) is 1. The van der Waals surface area contributed by atoms with Gasteiger partial charge in [0.15, 0.2) is 0 Å². The Kier molecular flexibility index (Phi) is 5.96. The Hall–Kier alpha value is -3.32. The topological polar surface area (TPSA) is 83.9 Å². The summed E-state index contributed by atoms with van der Waals surface area (Å²) in [5, 5.41) is 8.60. The predicted molar refractivity (Wildman–Crippen MR) is 107 cm³/mol. The van der Waals surface area contributed by atoms with E-state index in [0.29, 0.717) is 17.3 Å². The summed E-state index contributed by atoms with van der Waals surface area (Å²) in [4.78, 5) is 36.4. The normalized spacial score (nSPS) is 15.1. The standard InChI is InChI=1S/C21H17NO5S/c1-2-11-22-19(23)18(28-21(22)26)12-14-5-9-17(10-6-14)27-13-15-3-7-16(8-4-15)20(24)25/h2-10,12H,1,11,13H2,(H,24,25)/b18-12+. The van der Waals surface area contributed by atoms with E-state index in [1.807, 2.05) is 0 Å². The number of carboxylic acid groups (broad SMARTS) is 1. The van der Waals surface area contributed by atoms with Crippen LogP contribution in [0.25, 0.3) is 6.08 Å². The van der Waals surface area contributed by atoms with Crippen molar-refractivity contribution in [2.75, 3.05) is 6.54 Å². The highest BCUT2D eigenvalue weighted by molar-refractivity contribution is 8.18. The third-order valence-electron chi connectivity index (χ3n) is 3.97. The number of rotatable bonds is 7. The molecule has 28 heavy (non-hydrogen) atoms. The molecule has 1 heterocycles. The van der Waals surface area contributed by atoms with Gasteiger partial charge in [-0.3, -0.25) is 14.5 Å². The first-order valence-corrected chi connectivity index (χ1v) is 9.21. The number of hydrogen-bond donors (Lipinski definition) is 1. The number of carboxylic acids is 1. The van der Waals surface area contributed by atoms with Crippen LogP contribution in [0.1, 0.15) is 21.5 Å². The number of thioether (sulfide) groups is 1. The number of carbonyl (C=O) groups excluding carboxylic acids is 2. The van der Waals surface area contributed by atoms with Crippen LogP contribution in [-0.4, -0.2) is 33.7 Å². The monoisotopic (exact) mass is 395 g/mol. The highest BCUT2D eigenvalue weighted by atomic mass is 32.2. The molecule has 0 spiro atoms. The van der Waals surface area contributed by atoms with Gasteiger partial charge in [0.1, 0.15) is 12.4 Å². The number of ether oxygens (including phenoxy) is 1. The van der Waals surface area contributed by atoms with E-state index >= 15 is 0 Å². The van der Waals surface area contributed by atoms with Crippen LogP contribution in [-0.2, 0) is 11.4 Å². The molecule has 142 valence electrons. The zero-order chi connectivity index (χ0) is 20.1. The lowest BCUT2D eigenvalue weighted by Gasteiger charge is -2.08. The van der Waals surface area contributed by atoms with Crippen molar-refractivity contribution < 1.29 is 24.2 Å². The Morgan fingerprint density at radius 1 is 1.11 bits per heavy atom. The summed E-state index contributed by atoms with van der Waals surface area (Å²) in [7, 11) is 0. The smallest absolute Gasteiger partial charge is 0.335 e. The lowest BCUT2D eigenvalue weighted by atomic mass is 10.1. The molecule has 7 heteroatoms. The Morgan fingerprint density at radius 3 is 2.39 bits per heavy atom. The second-order valence-electron chi connectivity index (χ2n) is 5.94. The molecule has 1 aliphatic heterocycles. The van der Waals surface area contributed by atoms with Gasteiger partial charge in [0, 0.05) is 6.54 Å². The molecule has 2 amide bonds. The van der Waals surface area contributed by atoms with Gasteiger partial charge in [0.2, 0.25) is 0 Å². The van der Waals surface area contributed by atoms with Crippen molar-refractivity contribution in [3.63, 3.8) is 0 Å². The highest BCUT2D eigenvalue weighted by Crippen LogP contribution is 2.32. The quantitative estimate of drug-likeness (QED) is 0.559. The molecule has 1 fully saturated rings. The third-order valence-corrected chi connectivity index (χ3v) is 4.88. The van der Waals surface area contributed by atoms with E-state index in [1.54, 1.807) is 42.5 Å². The van der Waals surface area contributed by atoms with E-state index in [2.05, 4.69) is 6.58 Å². The summed E-state index contributed by atoms with van der Waals surface area (Å²) in [6.07, 6.45) is 3.18. The van der Waals surface area contributed by atoms with Crippen LogP contribution >= 0.6 is 11.8 Å². The minimum absolute atomic E-state index is 0.197. The zero-order valence-corrected chi connectivity index (χ0v) is 15.6. The number of benzene rings is 2. The molecule has 0 aliphatic carbocycles. The molecular formula is C21H17NO5S. The molecule has 0 radical (unpaired) electrons. The summed E-state index contributed by atoms with van der Waals surface area (Å²) in [5.41, 5.74) is 1.86. The van der Waals surface area contributed by atoms with Gasteiger partial charge in [-0.2, -0.15) is 0 Å². The van der Waals surface area contributed by atoms with Crippen molar-refractivity contribution in [1.29, 1.82) is 0 Å². The Balaban J connectivity index is 1.62. The van der Waals surface area contributed by atoms with Gasteiger partial charge in [-0.05, 0) is 53.2 Å². The molecule has 2 aromatic carbocycles. The summed E-state index contributed by atoms with van der Waals surface area (Å²) >= 11 is 0.909. The number of amides is 2. The average Bonchev–Trinajstić information content (AvgIpc) is 2.95. The first-order chi connectivity index (χ1) is 13.5. The lowest BCUT2D eigenvalue weighted by Crippen LogP contribution is -2.27. The molecule has 0 bridgehead atoms. The fourth-order valence-electron chi connectivity index (χ4n) is 2.51.